The lowest BCUT2D eigenvalue weighted by atomic mass is 10.0. The highest BCUT2D eigenvalue weighted by molar-refractivity contribution is 5.80. The molecule has 0 spiro atoms. The van der Waals surface area contributed by atoms with Crippen molar-refractivity contribution < 1.29 is 5.11 Å². The van der Waals surface area contributed by atoms with E-state index >= 15 is 0 Å². The van der Waals surface area contributed by atoms with Gasteiger partial charge in [0.1, 0.15) is 0 Å². The molecule has 1 aliphatic carbocycles. The van der Waals surface area contributed by atoms with Crippen LogP contribution >= 0.6 is 0 Å². The van der Waals surface area contributed by atoms with Gasteiger partial charge in [0.05, 0.1) is 5.60 Å². The summed E-state index contributed by atoms with van der Waals surface area (Å²) in [7, 11) is 1.79. The average molecular weight is 294 g/mol. The summed E-state index contributed by atoms with van der Waals surface area (Å²) >= 11 is 0. The minimum absolute atomic E-state index is 0.468. The number of hydrogen-bond donors (Lipinski definition) is 3. The van der Waals surface area contributed by atoms with Crippen LogP contribution in [0.2, 0.25) is 0 Å². The summed E-state index contributed by atoms with van der Waals surface area (Å²) in [4.78, 5) is 6.70. The van der Waals surface area contributed by atoms with Crippen molar-refractivity contribution in [1.29, 1.82) is 0 Å². The monoisotopic (exact) mass is 294 g/mol. The number of nitrogens with zero attached hydrogens (tertiary/aromatic N) is 2. The van der Waals surface area contributed by atoms with Crippen LogP contribution in [0.15, 0.2) is 17.6 Å². The van der Waals surface area contributed by atoms with Gasteiger partial charge < -0.3 is 15.7 Å². The van der Waals surface area contributed by atoms with E-state index in [9.17, 15) is 5.11 Å². The number of guanidine groups is 1. The highest BCUT2D eigenvalue weighted by Gasteiger charge is 2.31. The smallest absolute Gasteiger partial charge is 0.191 e. The number of likely N-dealkylation sites (tertiary alicyclic amines) is 1. The molecule has 5 heteroatoms. The fourth-order valence-electron chi connectivity index (χ4n) is 3.29. The second kappa shape index (κ2) is 7.80. The third kappa shape index (κ3) is 5.00. The maximum Gasteiger partial charge on any atom is 0.191 e. The van der Waals surface area contributed by atoms with Crippen molar-refractivity contribution >= 4 is 5.96 Å². The minimum atomic E-state index is -0.537. The molecule has 0 unspecified atom stereocenters. The number of rotatable bonds is 5. The van der Waals surface area contributed by atoms with Crippen LogP contribution in [0.4, 0.5) is 0 Å². The lowest BCUT2D eigenvalue weighted by molar-refractivity contribution is 0.0521. The lowest BCUT2D eigenvalue weighted by Gasteiger charge is -2.33. The second-order valence-electron chi connectivity index (χ2n) is 6.37. The van der Waals surface area contributed by atoms with Gasteiger partial charge in [-0.1, -0.05) is 18.9 Å². The topological polar surface area (TPSA) is 59.9 Å². The number of aliphatic imine (C=N–C) groups is 1. The number of aliphatic hydroxyl groups is 1. The first-order valence-corrected chi connectivity index (χ1v) is 8.18. The molecule has 1 heterocycles. The van der Waals surface area contributed by atoms with Crippen LogP contribution in [-0.4, -0.2) is 60.8 Å². The van der Waals surface area contributed by atoms with Crippen molar-refractivity contribution in [3.05, 3.63) is 12.7 Å². The maximum absolute atomic E-state index is 10.4. The van der Waals surface area contributed by atoms with E-state index in [2.05, 4.69) is 27.1 Å². The van der Waals surface area contributed by atoms with Gasteiger partial charge in [-0.25, -0.2) is 0 Å². The summed E-state index contributed by atoms with van der Waals surface area (Å²) in [5, 5.41) is 17.2. The highest BCUT2D eigenvalue weighted by atomic mass is 16.3. The third-order valence-corrected chi connectivity index (χ3v) is 4.66. The molecule has 1 saturated heterocycles. The highest BCUT2D eigenvalue weighted by Crippen LogP contribution is 2.28. The molecule has 1 saturated carbocycles. The molecule has 0 amide bonds. The van der Waals surface area contributed by atoms with Crippen LogP contribution in [0, 0.1) is 0 Å². The Balaban J connectivity index is 1.72. The molecule has 0 radical (unpaired) electrons. The Kier molecular flexibility index (Phi) is 6.06. The van der Waals surface area contributed by atoms with E-state index in [1.54, 1.807) is 7.05 Å². The largest absolute Gasteiger partial charge is 0.388 e. The molecule has 21 heavy (non-hydrogen) atoms. The lowest BCUT2D eigenvalue weighted by Crippen LogP contribution is -2.51. The van der Waals surface area contributed by atoms with E-state index in [-0.39, 0.29) is 0 Å². The minimum Gasteiger partial charge on any atom is -0.388 e. The zero-order valence-corrected chi connectivity index (χ0v) is 13.3. The van der Waals surface area contributed by atoms with E-state index in [0.717, 1.165) is 64.1 Å². The Hall–Kier alpha value is -1.07. The molecule has 2 rings (SSSR count). The quantitative estimate of drug-likeness (QED) is 0.404. The van der Waals surface area contributed by atoms with Crippen LogP contribution in [0.25, 0.3) is 0 Å². The van der Waals surface area contributed by atoms with Crippen molar-refractivity contribution in [3.63, 3.8) is 0 Å². The average Bonchev–Trinajstić information content (AvgIpc) is 2.93. The normalized spacial score (nSPS) is 24.0. The van der Waals surface area contributed by atoms with Crippen LogP contribution in [0.1, 0.15) is 38.5 Å². The van der Waals surface area contributed by atoms with Gasteiger partial charge in [-0.05, 0) is 25.7 Å². The van der Waals surface area contributed by atoms with Gasteiger partial charge in [0.15, 0.2) is 5.96 Å². The van der Waals surface area contributed by atoms with Gasteiger partial charge in [0.2, 0.25) is 0 Å². The van der Waals surface area contributed by atoms with Crippen molar-refractivity contribution in [2.24, 2.45) is 4.99 Å². The molecule has 0 aromatic rings. The first-order valence-electron chi connectivity index (χ1n) is 8.18. The number of nitrogens with one attached hydrogen (secondary N) is 2. The molecule has 0 atom stereocenters. The fourth-order valence-corrected chi connectivity index (χ4v) is 3.29. The van der Waals surface area contributed by atoms with Gasteiger partial charge in [-0.3, -0.25) is 9.89 Å². The Morgan fingerprint density at radius 1 is 1.38 bits per heavy atom. The Morgan fingerprint density at radius 2 is 2.05 bits per heavy atom. The number of piperidine rings is 1. The fraction of sp³-hybridized carbons (Fsp3) is 0.812. The van der Waals surface area contributed by atoms with Gasteiger partial charge >= 0.3 is 0 Å². The predicted molar refractivity (Wildman–Crippen MR) is 87.6 cm³/mol. The standard InChI is InChI=1S/C16H30N4O/c1-3-10-20-11-6-14(7-12-20)19-15(17-2)18-13-16(21)8-4-5-9-16/h3,14,21H,1,4-13H2,2H3,(H2,17,18,19). The van der Waals surface area contributed by atoms with E-state index in [1.165, 1.54) is 0 Å². The van der Waals surface area contributed by atoms with E-state index in [1.807, 2.05) is 6.08 Å². The molecule has 0 aromatic carbocycles. The summed E-state index contributed by atoms with van der Waals surface area (Å²) < 4.78 is 0. The van der Waals surface area contributed by atoms with Crippen molar-refractivity contribution in [2.75, 3.05) is 33.2 Å². The number of hydrogen-bond acceptors (Lipinski definition) is 3. The van der Waals surface area contributed by atoms with E-state index in [4.69, 9.17) is 0 Å². The molecule has 2 aliphatic rings. The van der Waals surface area contributed by atoms with E-state index in [0.29, 0.717) is 12.6 Å². The Labute approximate surface area is 128 Å². The summed E-state index contributed by atoms with van der Waals surface area (Å²) in [5.41, 5.74) is -0.537. The summed E-state index contributed by atoms with van der Waals surface area (Å²) in [6.07, 6.45) is 8.28. The van der Waals surface area contributed by atoms with Crippen LogP contribution < -0.4 is 10.6 Å². The first-order chi connectivity index (χ1) is 10.1. The molecule has 5 nitrogen and oxygen atoms in total. The van der Waals surface area contributed by atoms with E-state index < -0.39 is 5.60 Å². The summed E-state index contributed by atoms with van der Waals surface area (Å²) in [6.45, 7) is 7.58. The Morgan fingerprint density at radius 3 is 2.62 bits per heavy atom. The zero-order chi connectivity index (χ0) is 15.1. The van der Waals surface area contributed by atoms with Gasteiger partial charge in [-0.2, -0.15) is 0 Å². The Bertz CT molecular complexity index is 355. The molecule has 120 valence electrons. The molecule has 3 N–H and O–H groups in total. The van der Waals surface area contributed by atoms with Crippen molar-refractivity contribution in [1.82, 2.24) is 15.5 Å². The summed E-state index contributed by atoms with van der Waals surface area (Å²) in [5.74, 6) is 0.817. The van der Waals surface area contributed by atoms with Crippen LogP contribution in [0.5, 0.6) is 0 Å². The molecule has 1 aliphatic heterocycles. The molecular formula is C16H30N4O. The van der Waals surface area contributed by atoms with Gasteiger partial charge in [-0.15, -0.1) is 6.58 Å². The van der Waals surface area contributed by atoms with Crippen molar-refractivity contribution in [2.45, 2.75) is 50.2 Å². The predicted octanol–water partition coefficient (Wildman–Crippen LogP) is 1.11. The zero-order valence-electron chi connectivity index (χ0n) is 13.3. The molecule has 2 fully saturated rings. The SMILES string of the molecule is C=CCN1CCC(NC(=NC)NCC2(O)CCCC2)CC1. The maximum atomic E-state index is 10.4. The van der Waals surface area contributed by atoms with Crippen LogP contribution in [-0.2, 0) is 0 Å². The molecular weight excluding hydrogens is 264 g/mol. The van der Waals surface area contributed by atoms with Gasteiger partial charge in [0.25, 0.3) is 0 Å². The second-order valence-corrected chi connectivity index (χ2v) is 6.37. The van der Waals surface area contributed by atoms with Crippen LogP contribution in [0.3, 0.4) is 0 Å². The molecule has 0 aromatic heterocycles. The van der Waals surface area contributed by atoms with Crippen molar-refractivity contribution in [3.8, 4) is 0 Å². The summed E-state index contributed by atoms with van der Waals surface area (Å²) in [6, 6.07) is 0.468. The first kappa shape index (κ1) is 16.3. The van der Waals surface area contributed by atoms with Gasteiger partial charge in [0, 0.05) is 39.3 Å². The third-order valence-electron chi connectivity index (χ3n) is 4.66. The molecule has 0 bridgehead atoms.